The van der Waals surface area contributed by atoms with Crippen LogP contribution < -0.4 is 5.32 Å². The minimum Gasteiger partial charge on any atom is -0.361 e. The minimum absolute atomic E-state index is 0.856. The summed E-state index contributed by atoms with van der Waals surface area (Å²) in [6, 6.07) is 8.64. The van der Waals surface area contributed by atoms with Gasteiger partial charge in [0, 0.05) is 23.6 Å². The van der Waals surface area contributed by atoms with Crippen LogP contribution in [0.1, 0.15) is 51.5 Å². The summed E-state index contributed by atoms with van der Waals surface area (Å²) >= 11 is 0. The molecule has 0 saturated carbocycles. The molecule has 2 nitrogen and oxygen atoms in total. The quantitative estimate of drug-likeness (QED) is 0.627. The van der Waals surface area contributed by atoms with Gasteiger partial charge < -0.3 is 10.3 Å². The Morgan fingerprint density at radius 1 is 1.05 bits per heavy atom. The lowest BCUT2D eigenvalue weighted by atomic mass is 10.0. The van der Waals surface area contributed by atoms with Crippen LogP contribution in [-0.2, 0) is 6.54 Å². The van der Waals surface area contributed by atoms with Crippen LogP contribution in [0.2, 0.25) is 0 Å². The summed E-state index contributed by atoms with van der Waals surface area (Å²) in [6.07, 6.45) is 8.81. The summed E-state index contributed by atoms with van der Waals surface area (Å²) < 4.78 is 0. The zero-order valence-electron chi connectivity index (χ0n) is 12.9. The van der Waals surface area contributed by atoms with E-state index in [0.717, 1.165) is 19.0 Å². The third-order valence-corrected chi connectivity index (χ3v) is 3.89. The first-order valence-corrected chi connectivity index (χ1v) is 8.03. The predicted octanol–water partition coefficient (Wildman–Crippen LogP) is 4.86. The Morgan fingerprint density at radius 3 is 2.75 bits per heavy atom. The zero-order chi connectivity index (χ0) is 14.2. The van der Waals surface area contributed by atoms with Crippen molar-refractivity contribution in [1.29, 1.82) is 0 Å². The van der Waals surface area contributed by atoms with Gasteiger partial charge in [-0.1, -0.05) is 51.7 Å². The van der Waals surface area contributed by atoms with Gasteiger partial charge >= 0.3 is 0 Å². The lowest BCUT2D eigenvalue weighted by Crippen LogP contribution is -2.14. The van der Waals surface area contributed by atoms with Crippen molar-refractivity contribution in [2.75, 3.05) is 6.54 Å². The summed E-state index contributed by atoms with van der Waals surface area (Å²) in [4.78, 5) is 3.27. The van der Waals surface area contributed by atoms with Crippen molar-refractivity contribution in [1.82, 2.24) is 10.3 Å². The monoisotopic (exact) mass is 272 g/mol. The highest BCUT2D eigenvalue weighted by atomic mass is 14.8. The lowest BCUT2D eigenvalue weighted by Gasteiger charge is -2.07. The fraction of sp³-hybridized carbons (Fsp3) is 0.556. The molecule has 0 aliphatic rings. The Hall–Kier alpha value is -1.28. The van der Waals surface area contributed by atoms with E-state index in [9.17, 15) is 0 Å². The van der Waals surface area contributed by atoms with Gasteiger partial charge in [-0.3, -0.25) is 0 Å². The van der Waals surface area contributed by atoms with Crippen LogP contribution in [0, 0.1) is 5.92 Å². The van der Waals surface area contributed by atoms with E-state index < -0.39 is 0 Å². The highest BCUT2D eigenvalue weighted by molar-refractivity contribution is 5.82. The molecule has 0 spiro atoms. The lowest BCUT2D eigenvalue weighted by molar-refractivity contribution is 0.512. The normalized spacial score (nSPS) is 11.6. The summed E-state index contributed by atoms with van der Waals surface area (Å²) in [6.45, 7) is 6.72. The molecule has 0 atom stereocenters. The number of rotatable bonds is 9. The maximum Gasteiger partial charge on any atom is 0.0457 e. The summed E-state index contributed by atoms with van der Waals surface area (Å²) in [5.74, 6) is 0.856. The molecule has 2 rings (SSSR count). The molecule has 2 aromatic rings. The van der Waals surface area contributed by atoms with E-state index in [1.165, 1.54) is 48.6 Å². The first-order chi connectivity index (χ1) is 9.77. The number of fused-ring (bicyclic) bond motifs is 1. The van der Waals surface area contributed by atoms with Gasteiger partial charge in [0.2, 0.25) is 0 Å². The van der Waals surface area contributed by atoms with Crippen molar-refractivity contribution < 1.29 is 0 Å². The third kappa shape index (κ3) is 4.68. The summed E-state index contributed by atoms with van der Waals surface area (Å²) in [7, 11) is 0. The average molecular weight is 272 g/mol. The largest absolute Gasteiger partial charge is 0.361 e. The fourth-order valence-electron chi connectivity index (χ4n) is 2.68. The zero-order valence-corrected chi connectivity index (χ0v) is 12.9. The van der Waals surface area contributed by atoms with E-state index in [4.69, 9.17) is 0 Å². The number of nitrogens with one attached hydrogen (secondary N) is 2. The SMILES string of the molecule is CC(C)CCCCCCNCc1cccc2[nH]ccc12. The Morgan fingerprint density at radius 2 is 1.90 bits per heavy atom. The van der Waals surface area contributed by atoms with Crippen molar-refractivity contribution in [3.05, 3.63) is 36.0 Å². The molecule has 0 fully saturated rings. The maximum atomic E-state index is 3.57. The van der Waals surface area contributed by atoms with Gasteiger partial charge in [0.15, 0.2) is 0 Å². The molecule has 0 bridgehead atoms. The number of benzene rings is 1. The number of hydrogen-bond donors (Lipinski definition) is 2. The predicted molar refractivity (Wildman–Crippen MR) is 87.9 cm³/mol. The molecule has 1 aromatic heterocycles. The first kappa shape index (κ1) is 15.1. The highest BCUT2D eigenvalue weighted by Crippen LogP contribution is 2.17. The van der Waals surface area contributed by atoms with Gasteiger partial charge in [-0.2, -0.15) is 0 Å². The molecule has 2 N–H and O–H groups in total. The molecular formula is C18H28N2. The molecule has 1 heterocycles. The molecular weight excluding hydrogens is 244 g/mol. The van der Waals surface area contributed by atoms with Crippen LogP contribution in [0.3, 0.4) is 0 Å². The Kier molecular flexibility index (Phi) is 6.13. The molecule has 2 heteroatoms. The highest BCUT2D eigenvalue weighted by Gasteiger charge is 2.00. The topological polar surface area (TPSA) is 27.8 Å². The Bertz CT molecular complexity index is 499. The smallest absolute Gasteiger partial charge is 0.0457 e. The van der Waals surface area contributed by atoms with Gasteiger partial charge in [-0.05, 0) is 36.6 Å². The van der Waals surface area contributed by atoms with Crippen LogP contribution in [0.5, 0.6) is 0 Å². The van der Waals surface area contributed by atoms with Crippen molar-refractivity contribution in [2.45, 2.75) is 52.5 Å². The number of H-pyrrole nitrogens is 1. The van der Waals surface area contributed by atoms with Crippen LogP contribution in [0.25, 0.3) is 10.9 Å². The number of aromatic nitrogens is 1. The second-order valence-electron chi connectivity index (χ2n) is 6.13. The van der Waals surface area contributed by atoms with E-state index in [-0.39, 0.29) is 0 Å². The minimum atomic E-state index is 0.856. The molecule has 20 heavy (non-hydrogen) atoms. The fourth-order valence-corrected chi connectivity index (χ4v) is 2.68. The van der Waals surface area contributed by atoms with Crippen molar-refractivity contribution in [3.63, 3.8) is 0 Å². The number of aromatic amines is 1. The summed E-state index contributed by atoms with van der Waals surface area (Å²) in [5, 5.41) is 4.91. The van der Waals surface area contributed by atoms with Crippen LogP contribution in [0.15, 0.2) is 30.5 Å². The molecule has 0 aliphatic carbocycles. The second-order valence-corrected chi connectivity index (χ2v) is 6.13. The van der Waals surface area contributed by atoms with Crippen molar-refractivity contribution >= 4 is 10.9 Å². The van der Waals surface area contributed by atoms with Crippen molar-refractivity contribution in [2.24, 2.45) is 5.92 Å². The van der Waals surface area contributed by atoms with E-state index in [0.29, 0.717) is 0 Å². The molecule has 1 aromatic carbocycles. The molecule has 0 saturated heterocycles. The first-order valence-electron chi connectivity index (χ1n) is 8.03. The summed E-state index contributed by atoms with van der Waals surface area (Å²) in [5.41, 5.74) is 2.63. The van der Waals surface area contributed by atoms with Crippen LogP contribution in [-0.4, -0.2) is 11.5 Å². The molecule has 0 aliphatic heterocycles. The molecule has 0 radical (unpaired) electrons. The van der Waals surface area contributed by atoms with Gasteiger partial charge in [0.1, 0.15) is 0 Å². The third-order valence-electron chi connectivity index (χ3n) is 3.89. The van der Waals surface area contributed by atoms with Gasteiger partial charge in [-0.15, -0.1) is 0 Å². The van der Waals surface area contributed by atoms with Gasteiger partial charge in [0.05, 0.1) is 0 Å². The average Bonchev–Trinajstić information content (AvgIpc) is 2.90. The van der Waals surface area contributed by atoms with E-state index in [1.54, 1.807) is 0 Å². The Balaban J connectivity index is 1.61. The van der Waals surface area contributed by atoms with E-state index in [1.807, 2.05) is 6.20 Å². The van der Waals surface area contributed by atoms with Crippen LogP contribution >= 0.6 is 0 Å². The van der Waals surface area contributed by atoms with Gasteiger partial charge in [0.25, 0.3) is 0 Å². The maximum absolute atomic E-state index is 3.57. The van der Waals surface area contributed by atoms with Crippen molar-refractivity contribution in [3.8, 4) is 0 Å². The van der Waals surface area contributed by atoms with E-state index >= 15 is 0 Å². The van der Waals surface area contributed by atoms with Gasteiger partial charge in [-0.25, -0.2) is 0 Å². The Labute approximate surface area is 123 Å². The number of hydrogen-bond acceptors (Lipinski definition) is 1. The van der Waals surface area contributed by atoms with Crippen LogP contribution in [0.4, 0.5) is 0 Å². The standard InChI is InChI=1S/C18H28N2/c1-15(2)8-5-3-4-6-12-19-14-16-9-7-10-18-17(16)11-13-20-18/h7,9-11,13,15,19-20H,3-6,8,12,14H2,1-2H3. The second kappa shape index (κ2) is 8.11. The molecule has 0 unspecified atom stereocenters. The molecule has 110 valence electrons. The molecule has 0 amide bonds. The number of unbranched alkanes of at least 4 members (excludes halogenated alkanes) is 3. The van der Waals surface area contributed by atoms with E-state index in [2.05, 4.69) is 48.4 Å².